The van der Waals surface area contributed by atoms with Crippen LogP contribution < -0.4 is 10.2 Å². The molecule has 0 fully saturated rings. The highest BCUT2D eigenvalue weighted by Gasteiger charge is 2.18. The number of halogens is 1. The van der Waals surface area contributed by atoms with Crippen molar-refractivity contribution in [1.29, 1.82) is 0 Å². The second kappa shape index (κ2) is 8.86. The van der Waals surface area contributed by atoms with Crippen molar-refractivity contribution < 1.29 is 9.59 Å². The number of para-hydroxylation sites is 1. The minimum absolute atomic E-state index is 0.0789. The molecule has 2 aromatic rings. The molecule has 0 aromatic heterocycles. The van der Waals surface area contributed by atoms with E-state index in [4.69, 9.17) is 11.6 Å². The summed E-state index contributed by atoms with van der Waals surface area (Å²) in [6.07, 6.45) is 0.206. The van der Waals surface area contributed by atoms with Gasteiger partial charge in [-0.3, -0.25) is 9.59 Å². The Labute approximate surface area is 160 Å². The molecule has 138 valence electrons. The van der Waals surface area contributed by atoms with Crippen molar-refractivity contribution in [2.75, 3.05) is 16.8 Å². The monoisotopic (exact) mass is 372 g/mol. The first kappa shape index (κ1) is 20.0. The summed E-state index contributed by atoms with van der Waals surface area (Å²) < 4.78 is 0. The van der Waals surface area contributed by atoms with E-state index in [1.165, 1.54) is 6.92 Å². The number of nitrogens with one attached hydrogen (secondary N) is 1. The van der Waals surface area contributed by atoms with Crippen molar-refractivity contribution in [2.45, 2.75) is 40.0 Å². The van der Waals surface area contributed by atoms with Crippen molar-refractivity contribution >= 4 is 34.8 Å². The number of hydrogen-bond acceptors (Lipinski definition) is 2. The lowest BCUT2D eigenvalue weighted by atomic mass is 10.0. The van der Waals surface area contributed by atoms with Crippen LogP contribution >= 0.6 is 11.6 Å². The Morgan fingerprint density at radius 2 is 1.81 bits per heavy atom. The fraction of sp³-hybridized carbons (Fsp3) is 0.333. The van der Waals surface area contributed by atoms with E-state index in [2.05, 4.69) is 19.2 Å². The van der Waals surface area contributed by atoms with E-state index in [-0.39, 0.29) is 24.2 Å². The molecular formula is C21H25ClN2O2. The van der Waals surface area contributed by atoms with Gasteiger partial charge in [-0.1, -0.05) is 49.7 Å². The maximum absolute atomic E-state index is 12.4. The largest absolute Gasteiger partial charge is 0.326 e. The molecule has 5 heteroatoms. The highest BCUT2D eigenvalue weighted by molar-refractivity contribution is 6.31. The molecular weight excluding hydrogens is 348 g/mol. The van der Waals surface area contributed by atoms with E-state index < -0.39 is 0 Å². The van der Waals surface area contributed by atoms with E-state index in [1.807, 2.05) is 37.3 Å². The Hall–Kier alpha value is -2.33. The zero-order valence-electron chi connectivity index (χ0n) is 15.7. The molecule has 1 N–H and O–H groups in total. The third-order valence-corrected chi connectivity index (χ3v) is 4.74. The minimum Gasteiger partial charge on any atom is -0.326 e. The summed E-state index contributed by atoms with van der Waals surface area (Å²) in [7, 11) is 0. The second-order valence-corrected chi connectivity index (χ2v) is 7.00. The molecule has 0 saturated carbocycles. The second-order valence-electron chi connectivity index (χ2n) is 6.59. The average Bonchev–Trinajstić information content (AvgIpc) is 2.59. The highest BCUT2D eigenvalue weighted by atomic mass is 35.5. The predicted octanol–water partition coefficient (Wildman–Crippen LogP) is 5.15. The number of nitrogens with zero attached hydrogens (tertiary/aromatic N) is 1. The number of anilines is 2. The van der Waals surface area contributed by atoms with Crippen LogP contribution in [0.15, 0.2) is 42.5 Å². The van der Waals surface area contributed by atoms with E-state index in [1.54, 1.807) is 17.0 Å². The van der Waals surface area contributed by atoms with E-state index in [0.29, 0.717) is 17.3 Å². The molecule has 2 amide bonds. The third-order valence-electron chi connectivity index (χ3n) is 4.33. The fourth-order valence-electron chi connectivity index (χ4n) is 2.84. The summed E-state index contributed by atoms with van der Waals surface area (Å²) in [5, 5.41) is 3.48. The van der Waals surface area contributed by atoms with Gasteiger partial charge in [0.2, 0.25) is 11.8 Å². The number of carbonyl (C=O) groups excluding carboxylic acids is 2. The lowest BCUT2D eigenvalue weighted by molar-refractivity contribution is -0.117. The van der Waals surface area contributed by atoms with Gasteiger partial charge in [-0.2, -0.15) is 0 Å². The maximum atomic E-state index is 12.4. The summed E-state index contributed by atoms with van der Waals surface area (Å²) >= 11 is 6.09. The van der Waals surface area contributed by atoms with Gasteiger partial charge in [-0.25, -0.2) is 0 Å². The standard InChI is InChI=1S/C21H25ClN2O2/c1-14(2)17-8-5-6-11-20(17)24(16(4)25)13-12-21(26)23-19-10-7-9-18(22)15(19)3/h5-11,14H,12-13H2,1-4H3,(H,23,26). The van der Waals surface area contributed by atoms with Crippen LogP contribution in [0.3, 0.4) is 0 Å². The Bertz CT molecular complexity index is 802. The molecule has 2 aromatic carbocycles. The summed E-state index contributed by atoms with van der Waals surface area (Å²) in [6, 6.07) is 13.2. The van der Waals surface area contributed by atoms with Crippen LogP contribution in [-0.2, 0) is 9.59 Å². The van der Waals surface area contributed by atoms with Crippen molar-refractivity contribution in [1.82, 2.24) is 0 Å². The van der Waals surface area contributed by atoms with Crippen LogP contribution in [-0.4, -0.2) is 18.4 Å². The lowest BCUT2D eigenvalue weighted by Gasteiger charge is -2.25. The molecule has 0 atom stereocenters. The van der Waals surface area contributed by atoms with Crippen molar-refractivity contribution in [3.05, 3.63) is 58.6 Å². The van der Waals surface area contributed by atoms with Gasteiger partial charge >= 0.3 is 0 Å². The number of hydrogen-bond donors (Lipinski definition) is 1. The van der Waals surface area contributed by atoms with E-state index in [9.17, 15) is 9.59 Å². The number of amides is 2. The molecule has 4 nitrogen and oxygen atoms in total. The quantitative estimate of drug-likeness (QED) is 0.761. The molecule has 0 bridgehead atoms. The smallest absolute Gasteiger partial charge is 0.226 e. The Morgan fingerprint density at radius 3 is 2.46 bits per heavy atom. The van der Waals surface area contributed by atoms with Crippen molar-refractivity contribution in [3.63, 3.8) is 0 Å². The topological polar surface area (TPSA) is 49.4 Å². The number of rotatable bonds is 6. The average molecular weight is 373 g/mol. The molecule has 0 heterocycles. The van der Waals surface area contributed by atoms with Gasteiger partial charge in [0.25, 0.3) is 0 Å². The molecule has 0 unspecified atom stereocenters. The van der Waals surface area contributed by atoms with Crippen molar-refractivity contribution in [2.24, 2.45) is 0 Å². The van der Waals surface area contributed by atoms with E-state index >= 15 is 0 Å². The van der Waals surface area contributed by atoms with Gasteiger partial charge in [-0.15, -0.1) is 0 Å². The summed E-state index contributed by atoms with van der Waals surface area (Å²) in [5.74, 6) is 0.0597. The van der Waals surface area contributed by atoms with Gasteiger partial charge in [-0.05, 0) is 42.2 Å². The molecule has 0 saturated heterocycles. The third kappa shape index (κ3) is 4.85. The molecule has 2 rings (SSSR count). The highest BCUT2D eigenvalue weighted by Crippen LogP contribution is 2.28. The normalized spacial score (nSPS) is 10.7. The van der Waals surface area contributed by atoms with Gasteiger partial charge in [0.1, 0.15) is 0 Å². The molecule has 0 aliphatic heterocycles. The van der Waals surface area contributed by atoms with Crippen LogP contribution in [0, 0.1) is 6.92 Å². The molecule has 0 radical (unpaired) electrons. The Morgan fingerprint density at radius 1 is 1.12 bits per heavy atom. The number of carbonyl (C=O) groups is 2. The van der Waals surface area contributed by atoms with Crippen LogP contribution in [0.5, 0.6) is 0 Å². The van der Waals surface area contributed by atoms with Crippen LogP contribution in [0.2, 0.25) is 5.02 Å². The molecule has 0 aliphatic rings. The predicted molar refractivity (Wildman–Crippen MR) is 108 cm³/mol. The zero-order valence-corrected chi connectivity index (χ0v) is 16.4. The van der Waals surface area contributed by atoms with Gasteiger partial charge in [0.05, 0.1) is 0 Å². The van der Waals surface area contributed by atoms with Crippen LogP contribution in [0.1, 0.15) is 44.2 Å². The minimum atomic E-state index is -0.149. The van der Waals surface area contributed by atoms with Crippen molar-refractivity contribution in [3.8, 4) is 0 Å². The molecule has 0 aliphatic carbocycles. The number of benzene rings is 2. The van der Waals surface area contributed by atoms with Gasteiger partial charge in [0.15, 0.2) is 0 Å². The summed E-state index contributed by atoms with van der Waals surface area (Å²) in [4.78, 5) is 26.2. The van der Waals surface area contributed by atoms with Gasteiger partial charge in [0, 0.05) is 36.3 Å². The Balaban J connectivity index is 2.11. The first-order chi connectivity index (χ1) is 12.3. The first-order valence-electron chi connectivity index (χ1n) is 8.73. The summed E-state index contributed by atoms with van der Waals surface area (Å²) in [5.41, 5.74) is 3.48. The van der Waals surface area contributed by atoms with E-state index in [0.717, 1.165) is 16.8 Å². The van der Waals surface area contributed by atoms with Gasteiger partial charge < -0.3 is 10.2 Å². The molecule has 26 heavy (non-hydrogen) atoms. The maximum Gasteiger partial charge on any atom is 0.226 e. The zero-order chi connectivity index (χ0) is 19.3. The van der Waals surface area contributed by atoms with Crippen LogP contribution in [0.25, 0.3) is 0 Å². The Kier molecular flexibility index (Phi) is 6.81. The fourth-order valence-corrected chi connectivity index (χ4v) is 3.01. The first-order valence-corrected chi connectivity index (χ1v) is 9.11. The van der Waals surface area contributed by atoms with Crippen LogP contribution in [0.4, 0.5) is 11.4 Å². The molecule has 0 spiro atoms. The SMILES string of the molecule is CC(=O)N(CCC(=O)Nc1cccc(Cl)c1C)c1ccccc1C(C)C. The summed E-state index contributed by atoms with van der Waals surface area (Å²) in [6.45, 7) is 7.89. The lowest BCUT2D eigenvalue weighted by Crippen LogP contribution is -2.32.